The van der Waals surface area contributed by atoms with Crippen molar-refractivity contribution in [1.82, 2.24) is 14.8 Å². The van der Waals surface area contributed by atoms with Crippen LogP contribution >= 0.6 is 0 Å². The molecule has 0 radical (unpaired) electrons. The number of sulfonamides is 1. The Morgan fingerprint density at radius 1 is 1.07 bits per heavy atom. The molecule has 0 spiro atoms. The molecule has 30 heavy (non-hydrogen) atoms. The second kappa shape index (κ2) is 8.87. The van der Waals surface area contributed by atoms with Gasteiger partial charge >= 0.3 is 0 Å². The Balaban J connectivity index is 1.47. The number of nitrogens with zero attached hydrogens (tertiary/aromatic N) is 3. The smallest absolute Gasteiger partial charge is 0.261 e. The molecule has 158 valence electrons. The van der Waals surface area contributed by atoms with Crippen molar-refractivity contribution in [2.24, 2.45) is 13.0 Å². The highest BCUT2D eigenvalue weighted by atomic mass is 32.2. The van der Waals surface area contributed by atoms with Crippen molar-refractivity contribution in [3.05, 3.63) is 54.9 Å². The number of benzene rings is 2. The Kier molecular flexibility index (Phi) is 6.03. The average Bonchev–Trinajstić information content (AvgIpc) is 3.19. The molecule has 1 fully saturated rings. The molecule has 1 aromatic heterocycles. The lowest BCUT2D eigenvalue weighted by Crippen LogP contribution is -2.16. The number of aryl methyl sites for hydroxylation is 1. The summed E-state index contributed by atoms with van der Waals surface area (Å²) in [7, 11) is -1.94. The normalized spacial score (nSPS) is 15.1. The van der Waals surface area contributed by atoms with Crippen molar-refractivity contribution in [3.8, 4) is 17.1 Å². The molecular weight excluding hydrogens is 400 g/mol. The zero-order valence-corrected chi connectivity index (χ0v) is 17.8. The van der Waals surface area contributed by atoms with Gasteiger partial charge in [-0.15, -0.1) is 10.2 Å². The van der Waals surface area contributed by atoms with E-state index in [1.54, 1.807) is 47.3 Å². The second-order valence-corrected chi connectivity index (χ2v) is 9.39. The van der Waals surface area contributed by atoms with Crippen LogP contribution in [0.1, 0.15) is 32.1 Å². The standard InChI is InChI=1S/C22H26N4O3S/c1-26-16-23-24-22(26)20-9-5-6-10-21(20)25-30(27,28)19-13-11-18(12-14-19)29-15-17-7-3-2-4-8-17/h5-6,9-14,16-17,25H,2-4,7-8,15H2,1H3. The molecule has 8 heteroatoms. The second-order valence-electron chi connectivity index (χ2n) is 7.70. The Labute approximate surface area is 177 Å². The fourth-order valence-corrected chi connectivity index (χ4v) is 4.86. The minimum Gasteiger partial charge on any atom is -0.493 e. The minimum absolute atomic E-state index is 0.181. The van der Waals surface area contributed by atoms with Crippen LogP contribution in [0.2, 0.25) is 0 Å². The first-order valence-corrected chi connectivity index (χ1v) is 11.7. The summed E-state index contributed by atoms with van der Waals surface area (Å²) in [5.74, 6) is 1.87. The maximum Gasteiger partial charge on any atom is 0.261 e. The third-order valence-corrected chi connectivity index (χ3v) is 6.85. The average molecular weight is 427 g/mol. The lowest BCUT2D eigenvalue weighted by Gasteiger charge is -2.21. The van der Waals surface area contributed by atoms with E-state index in [1.165, 1.54) is 32.1 Å². The van der Waals surface area contributed by atoms with Crippen LogP contribution in [0.15, 0.2) is 59.8 Å². The first-order valence-electron chi connectivity index (χ1n) is 10.2. The van der Waals surface area contributed by atoms with E-state index in [1.807, 2.05) is 19.2 Å². The molecule has 1 heterocycles. The number of anilines is 1. The van der Waals surface area contributed by atoms with E-state index in [4.69, 9.17) is 4.74 Å². The van der Waals surface area contributed by atoms with E-state index in [0.29, 0.717) is 35.3 Å². The molecule has 0 bridgehead atoms. The summed E-state index contributed by atoms with van der Waals surface area (Å²) in [6.07, 6.45) is 7.85. The number of hydrogen-bond acceptors (Lipinski definition) is 5. The molecule has 4 rings (SSSR count). The first kappa shape index (κ1) is 20.4. The zero-order chi connectivity index (χ0) is 21.0. The Hall–Kier alpha value is -2.87. The molecule has 0 unspecified atom stereocenters. The van der Waals surface area contributed by atoms with Gasteiger partial charge in [0.2, 0.25) is 0 Å². The Bertz CT molecular complexity index is 1090. The van der Waals surface area contributed by atoms with Crippen molar-refractivity contribution in [2.75, 3.05) is 11.3 Å². The van der Waals surface area contributed by atoms with Gasteiger partial charge in [-0.3, -0.25) is 4.72 Å². The highest BCUT2D eigenvalue weighted by molar-refractivity contribution is 7.92. The van der Waals surface area contributed by atoms with Gasteiger partial charge in [0.15, 0.2) is 5.82 Å². The minimum atomic E-state index is -3.75. The summed E-state index contributed by atoms with van der Waals surface area (Å²) in [6.45, 7) is 0.690. The third-order valence-electron chi connectivity index (χ3n) is 5.47. The van der Waals surface area contributed by atoms with Gasteiger partial charge in [-0.2, -0.15) is 0 Å². The van der Waals surface area contributed by atoms with Crippen LogP contribution in [0.4, 0.5) is 5.69 Å². The number of hydrogen-bond donors (Lipinski definition) is 1. The molecule has 0 saturated heterocycles. The number of rotatable bonds is 7. The van der Waals surface area contributed by atoms with Gasteiger partial charge in [-0.05, 0) is 55.2 Å². The number of ether oxygens (including phenoxy) is 1. The summed E-state index contributed by atoms with van der Waals surface area (Å²) in [5.41, 5.74) is 1.11. The third kappa shape index (κ3) is 4.64. The van der Waals surface area contributed by atoms with E-state index in [0.717, 1.165) is 0 Å². The topological polar surface area (TPSA) is 86.1 Å². The summed E-state index contributed by atoms with van der Waals surface area (Å²) >= 11 is 0. The number of aromatic nitrogens is 3. The molecular formula is C22H26N4O3S. The summed E-state index contributed by atoms with van der Waals surface area (Å²) in [5, 5.41) is 7.96. The van der Waals surface area contributed by atoms with Crippen molar-refractivity contribution < 1.29 is 13.2 Å². The largest absolute Gasteiger partial charge is 0.493 e. The molecule has 0 aliphatic heterocycles. The highest BCUT2D eigenvalue weighted by Crippen LogP contribution is 2.29. The van der Waals surface area contributed by atoms with E-state index in [9.17, 15) is 8.42 Å². The lowest BCUT2D eigenvalue weighted by molar-refractivity contribution is 0.209. The van der Waals surface area contributed by atoms with Gasteiger partial charge in [0, 0.05) is 12.6 Å². The fraction of sp³-hybridized carbons (Fsp3) is 0.364. The highest BCUT2D eigenvalue weighted by Gasteiger charge is 2.19. The van der Waals surface area contributed by atoms with Gasteiger partial charge in [-0.25, -0.2) is 8.42 Å². The maximum absolute atomic E-state index is 12.9. The predicted molar refractivity (Wildman–Crippen MR) is 116 cm³/mol. The summed E-state index contributed by atoms with van der Waals surface area (Å²) in [6, 6.07) is 13.7. The molecule has 3 aromatic rings. The molecule has 0 atom stereocenters. The molecule has 2 aromatic carbocycles. The summed E-state index contributed by atoms with van der Waals surface area (Å²) in [4.78, 5) is 0.181. The number of para-hydroxylation sites is 1. The molecule has 1 saturated carbocycles. The van der Waals surface area contributed by atoms with Crippen molar-refractivity contribution in [2.45, 2.75) is 37.0 Å². The van der Waals surface area contributed by atoms with Gasteiger partial charge in [-0.1, -0.05) is 31.4 Å². The van der Waals surface area contributed by atoms with Crippen LogP contribution in [0.3, 0.4) is 0 Å². The lowest BCUT2D eigenvalue weighted by atomic mass is 9.90. The van der Waals surface area contributed by atoms with E-state index in [2.05, 4.69) is 14.9 Å². The van der Waals surface area contributed by atoms with Crippen molar-refractivity contribution in [3.63, 3.8) is 0 Å². The Morgan fingerprint density at radius 3 is 2.50 bits per heavy atom. The molecule has 0 amide bonds. The quantitative estimate of drug-likeness (QED) is 0.611. The molecule has 1 N–H and O–H groups in total. The van der Waals surface area contributed by atoms with Crippen LogP contribution in [0.25, 0.3) is 11.4 Å². The first-order chi connectivity index (χ1) is 14.5. The van der Waals surface area contributed by atoms with Crippen LogP contribution in [-0.4, -0.2) is 29.8 Å². The van der Waals surface area contributed by atoms with Crippen LogP contribution in [0, 0.1) is 5.92 Å². The SMILES string of the molecule is Cn1cnnc1-c1ccccc1NS(=O)(=O)c1ccc(OCC2CCCCC2)cc1. The van der Waals surface area contributed by atoms with Crippen LogP contribution in [0.5, 0.6) is 5.75 Å². The molecule has 1 aliphatic carbocycles. The maximum atomic E-state index is 12.9. The van der Waals surface area contributed by atoms with Crippen molar-refractivity contribution in [1.29, 1.82) is 0 Å². The monoisotopic (exact) mass is 426 g/mol. The van der Waals surface area contributed by atoms with Crippen LogP contribution < -0.4 is 9.46 Å². The number of nitrogens with one attached hydrogen (secondary N) is 1. The van der Waals surface area contributed by atoms with E-state index < -0.39 is 10.0 Å². The van der Waals surface area contributed by atoms with Gasteiger partial charge in [0.25, 0.3) is 10.0 Å². The summed E-state index contributed by atoms with van der Waals surface area (Å²) < 4.78 is 36.2. The zero-order valence-electron chi connectivity index (χ0n) is 17.0. The fourth-order valence-electron chi connectivity index (χ4n) is 3.78. The van der Waals surface area contributed by atoms with E-state index in [-0.39, 0.29) is 4.90 Å². The van der Waals surface area contributed by atoms with Gasteiger partial charge in [0.1, 0.15) is 12.1 Å². The molecule has 1 aliphatic rings. The van der Waals surface area contributed by atoms with Crippen molar-refractivity contribution >= 4 is 15.7 Å². The predicted octanol–water partition coefficient (Wildman–Crippen LogP) is 4.24. The Morgan fingerprint density at radius 2 is 1.80 bits per heavy atom. The van der Waals surface area contributed by atoms with E-state index >= 15 is 0 Å². The van der Waals surface area contributed by atoms with Gasteiger partial charge in [0.05, 0.1) is 17.2 Å². The van der Waals surface area contributed by atoms with Gasteiger partial charge < -0.3 is 9.30 Å². The van der Waals surface area contributed by atoms with Crippen LogP contribution in [-0.2, 0) is 17.1 Å². The molecule has 7 nitrogen and oxygen atoms in total.